The molecule has 0 amide bonds. The third-order valence-corrected chi connectivity index (χ3v) is 7.10. The zero-order chi connectivity index (χ0) is 25.2. The summed E-state index contributed by atoms with van der Waals surface area (Å²) >= 11 is 0. The molecule has 1 atom stereocenters. The average Bonchev–Trinajstić information content (AvgIpc) is 2.89. The zero-order valence-electron chi connectivity index (χ0n) is 21.6. The van der Waals surface area contributed by atoms with Crippen molar-refractivity contribution in [3.05, 3.63) is 83.8 Å². The van der Waals surface area contributed by atoms with E-state index < -0.39 is 0 Å². The highest BCUT2D eigenvalue weighted by atomic mass is 19.1. The first kappa shape index (κ1) is 24.1. The SMILES string of the molecule is Cc1nc2ccc(N3CCCCC3)cc2c(-c2ccc(F)cc2)c1C(C)Oc1cccc(N(C)C)c1. The van der Waals surface area contributed by atoms with E-state index in [1.807, 2.05) is 51.4 Å². The Bertz CT molecular complexity index is 1360. The van der Waals surface area contributed by atoms with E-state index in [1.165, 1.54) is 37.1 Å². The summed E-state index contributed by atoms with van der Waals surface area (Å²) < 4.78 is 20.4. The third kappa shape index (κ3) is 4.88. The molecule has 0 radical (unpaired) electrons. The summed E-state index contributed by atoms with van der Waals surface area (Å²) in [6.07, 6.45) is 3.48. The van der Waals surface area contributed by atoms with Gasteiger partial charge in [-0.25, -0.2) is 4.39 Å². The number of fused-ring (bicyclic) bond motifs is 1. The number of hydrogen-bond donors (Lipinski definition) is 0. The van der Waals surface area contributed by atoms with Crippen molar-refractivity contribution in [2.45, 2.75) is 39.2 Å². The van der Waals surface area contributed by atoms with E-state index in [2.05, 4.69) is 41.0 Å². The first-order chi connectivity index (χ1) is 17.4. The van der Waals surface area contributed by atoms with E-state index in [4.69, 9.17) is 9.72 Å². The Morgan fingerprint density at radius 1 is 0.944 bits per heavy atom. The predicted molar refractivity (Wildman–Crippen MR) is 148 cm³/mol. The Morgan fingerprint density at radius 2 is 1.69 bits per heavy atom. The fourth-order valence-electron chi connectivity index (χ4n) is 5.26. The van der Waals surface area contributed by atoms with Crippen LogP contribution in [0, 0.1) is 12.7 Å². The number of benzene rings is 3. The number of halogens is 1. The lowest BCUT2D eigenvalue weighted by atomic mass is 9.91. The Kier molecular flexibility index (Phi) is 6.82. The van der Waals surface area contributed by atoms with Gasteiger partial charge in [-0.1, -0.05) is 18.2 Å². The van der Waals surface area contributed by atoms with Crippen LogP contribution in [0.15, 0.2) is 66.7 Å². The van der Waals surface area contributed by atoms with Gasteiger partial charge in [0, 0.05) is 61.3 Å². The zero-order valence-corrected chi connectivity index (χ0v) is 21.6. The third-order valence-electron chi connectivity index (χ3n) is 7.10. The Balaban J connectivity index is 1.65. The van der Waals surface area contributed by atoms with Gasteiger partial charge in [0.2, 0.25) is 0 Å². The van der Waals surface area contributed by atoms with E-state index >= 15 is 0 Å². The van der Waals surface area contributed by atoms with Gasteiger partial charge in [-0.05, 0) is 86.7 Å². The fraction of sp³-hybridized carbons (Fsp3) is 0.323. The fourth-order valence-corrected chi connectivity index (χ4v) is 5.26. The monoisotopic (exact) mass is 483 g/mol. The molecule has 0 spiro atoms. The maximum atomic E-state index is 13.9. The summed E-state index contributed by atoms with van der Waals surface area (Å²) in [7, 11) is 4.04. The van der Waals surface area contributed by atoms with Gasteiger partial charge in [0.25, 0.3) is 0 Å². The molecule has 1 saturated heterocycles. The van der Waals surface area contributed by atoms with Gasteiger partial charge in [-0.3, -0.25) is 4.98 Å². The minimum atomic E-state index is -0.252. The summed E-state index contributed by atoms with van der Waals surface area (Å²) in [5.41, 5.74) is 7.22. The predicted octanol–water partition coefficient (Wildman–Crippen LogP) is 7.55. The summed E-state index contributed by atoms with van der Waals surface area (Å²) in [6.45, 7) is 6.26. The molecule has 36 heavy (non-hydrogen) atoms. The van der Waals surface area contributed by atoms with Gasteiger partial charge >= 0.3 is 0 Å². The van der Waals surface area contributed by atoms with Crippen LogP contribution < -0.4 is 14.5 Å². The molecule has 5 rings (SSSR count). The van der Waals surface area contributed by atoms with E-state index in [-0.39, 0.29) is 11.9 Å². The molecule has 1 fully saturated rings. The maximum absolute atomic E-state index is 13.9. The number of pyridine rings is 1. The highest BCUT2D eigenvalue weighted by Gasteiger charge is 2.22. The van der Waals surface area contributed by atoms with Crippen LogP contribution in [0.2, 0.25) is 0 Å². The van der Waals surface area contributed by atoms with Crippen LogP contribution in [0.1, 0.15) is 43.5 Å². The molecule has 186 valence electrons. The van der Waals surface area contributed by atoms with Gasteiger partial charge in [-0.15, -0.1) is 0 Å². The Labute approximate surface area is 213 Å². The lowest BCUT2D eigenvalue weighted by molar-refractivity contribution is 0.226. The molecule has 0 bridgehead atoms. The Hall–Kier alpha value is -3.60. The minimum absolute atomic E-state index is 0.241. The lowest BCUT2D eigenvalue weighted by Crippen LogP contribution is -2.29. The van der Waals surface area contributed by atoms with E-state index in [0.717, 1.165) is 57.8 Å². The molecule has 4 aromatic rings. The van der Waals surface area contributed by atoms with Crippen LogP contribution in [0.4, 0.5) is 15.8 Å². The lowest BCUT2D eigenvalue weighted by Gasteiger charge is -2.29. The van der Waals surface area contributed by atoms with Crippen LogP contribution in [0.5, 0.6) is 5.75 Å². The van der Waals surface area contributed by atoms with Gasteiger partial charge in [0.15, 0.2) is 0 Å². The molecule has 4 nitrogen and oxygen atoms in total. The molecule has 1 aliphatic rings. The molecule has 1 aromatic heterocycles. The van der Waals surface area contributed by atoms with Crippen LogP contribution >= 0.6 is 0 Å². The summed E-state index contributed by atoms with van der Waals surface area (Å²) in [5, 5.41) is 1.07. The molecule has 5 heteroatoms. The minimum Gasteiger partial charge on any atom is -0.486 e. The van der Waals surface area contributed by atoms with E-state index in [1.54, 1.807) is 0 Å². The first-order valence-electron chi connectivity index (χ1n) is 12.8. The van der Waals surface area contributed by atoms with Crippen molar-refractivity contribution in [2.75, 3.05) is 37.0 Å². The topological polar surface area (TPSA) is 28.6 Å². The van der Waals surface area contributed by atoms with E-state index in [0.29, 0.717) is 0 Å². The van der Waals surface area contributed by atoms with Crippen molar-refractivity contribution in [1.82, 2.24) is 4.98 Å². The first-order valence-corrected chi connectivity index (χ1v) is 12.8. The number of nitrogens with zero attached hydrogens (tertiary/aromatic N) is 3. The molecule has 1 aliphatic heterocycles. The van der Waals surface area contributed by atoms with Crippen molar-refractivity contribution in [1.29, 1.82) is 0 Å². The number of anilines is 2. The van der Waals surface area contributed by atoms with E-state index in [9.17, 15) is 4.39 Å². The van der Waals surface area contributed by atoms with Gasteiger partial charge in [0.1, 0.15) is 17.7 Å². The number of hydrogen-bond acceptors (Lipinski definition) is 4. The standard InChI is InChI=1S/C31H34FN3O/c1-21-30(22(2)36-27-10-8-9-25(19-27)34(3)4)31(23-11-13-24(32)14-12-23)28-20-26(15-16-29(28)33-21)35-17-6-5-7-18-35/h8-16,19-20,22H,5-7,17-18H2,1-4H3. The maximum Gasteiger partial charge on any atom is 0.123 e. The second kappa shape index (κ2) is 10.2. The van der Waals surface area contributed by atoms with Crippen molar-refractivity contribution in [2.24, 2.45) is 0 Å². The van der Waals surface area contributed by atoms with Crippen molar-refractivity contribution in [3.63, 3.8) is 0 Å². The van der Waals surface area contributed by atoms with Crippen molar-refractivity contribution >= 4 is 22.3 Å². The summed E-state index contributed by atoms with van der Waals surface area (Å²) in [5.74, 6) is 0.564. The Morgan fingerprint density at radius 3 is 2.42 bits per heavy atom. The van der Waals surface area contributed by atoms with Gasteiger partial charge in [-0.2, -0.15) is 0 Å². The van der Waals surface area contributed by atoms with Crippen LogP contribution in [-0.4, -0.2) is 32.2 Å². The molecular formula is C31H34FN3O. The summed E-state index contributed by atoms with van der Waals surface area (Å²) in [4.78, 5) is 9.52. The smallest absolute Gasteiger partial charge is 0.123 e. The second-order valence-electron chi connectivity index (χ2n) is 9.89. The number of aryl methyl sites for hydroxylation is 1. The number of rotatable bonds is 6. The number of ether oxygens (including phenoxy) is 1. The second-order valence-corrected chi connectivity index (χ2v) is 9.89. The molecule has 1 unspecified atom stereocenters. The number of piperidine rings is 1. The molecular weight excluding hydrogens is 449 g/mol. The normalized spacial score (nSPS) is 14.6. The highest BCUT2D eigenvalue weighted by molar-refractivity contribution is 5.98. The van der Waals surface area contributed by atoms with Gasteiger partial charge < -0.3 is 14.5 Å². The van der Waals surface area contributed by atoms with Crippen LogP contribution in [0.3, 0.4) is 0 Å². The van der Waals surface area contributed by atoms with Crippen molar-refractivity contribution < 1.29 is 9.13 Å². The molecule has 0 saturated carbocycles. The molecule has 3 aromatic carbocycles. The van der Waals surface area contributed by atoms with Crippen LogP contribution in [0.25, 0.3) is 22.0 Å². The molecule has 2 heterocycles. The average molecular weight is 484 g/mol. The summed E-state index contributed by atoms with van der Waals surface area (Å²) in [6, 6.07) is 21.4. The molecule has 0 N–H and O–H groups in total. The van der Waals surface area contributed by atoms with Crippen molar-refractivity contribution in [3.8, 4) is 16.9 Å². The highest BCUT2D eigenvalue weighted by Crippen LogP contribution is 2.40. The largest absolute Gasteiger partial charge is 0.486 e. The molecule has 0 aliphatic carbocycles. The number of aromatic nitrogens is 1. The van der Waals surface area contributed by atoms with Gasteiger partial charge in [0.05, 0.1) is 5.52 Å². The quantitative estimate of drug-likeness (QED) is 0.283. The van der Waals surface area contributed by atoms with Crippen LogP contribution in [-0.2, 0) is 0 Å².